The van der Waals surface area contributed by atoms with Crippen molar-refractivity contribution < 1.29 is 9.90 Å². The highest BCUT2D eigenvalue weighted by Crippen LogP contribution is 2.17. The molecule has 0 fully saturated rings. The number of unbranched alkanes of at least 4 members (excludes halogenated alkanes) is 23. The summed E-state index contributed by atoms with van der Waals surface area (Å²) in [5.41, 5.74) is 4.71. The monoisotopic (exact) mass is 453 g/mol. The van der Waals surface area contributed by atoms with Gasteiger partial charge in [-0.05, 0) is 13.3 Å². The van der Waals surface area contributed by atoms with Gasteiger partial charge in [0, 0.05) is 0 Å². The van der Waals surface area contributed by atoms with Gasteiger partial charge in [-0.25, -0.2) is 0 Å². The summed E-state index contributed by atoms with van der Waals surface area (Å²) in [7, 11) is 0. The van der Waals surface area contributed by atoms with Crippen molar-refractivity contribution in [2.45, 2.75) is 180 Å². The molecule has 3 heteroatoms. The molecule has 3 N–H and O–H groups in total. The standard InChI is InChI=1S/C29H59NO2/c1-3-4-5-6-7-8-9-10-11-12-13-14-15-16-17-18-19-20-21-22-23-24-25-26-27-29(2,30)28(31)32/h3-27,30H2,1-2H3,(H,31,32). The highest BCUT2D eigenvalue weighted by atomic mass is 16.4. The Labute approximate surface area is 201 Å². The molecule has 0 saturated heterocycles. The summed E-state index contributed by atoms with van der Waals surface area (Å²) in [4.78, 5) is 11.0. The maximum absolute atomic E-state index is 11.0. The maximum atomic E-state index is 11.0. The molecule has 0 amide bonds. The maximum Gasteiger partial charge on any atom is 0.323 e. The minimum atomic E-state index is -1.05. The molecule has 0 aromatic rings. The van der Waals surface area contributed by atoms with E-state index in [0.717, 1.165) is 12.8 Å². The molecule has 0 bridgehead atoms. The van der Waals surface area contributed by atoms with Gasteiger partial charge in [-0.15, -0.1) is 0 Å². The van der Waals surface area contributed by atoms with Gasteiger partial charge in [-0.2, -0.15) is 0 Å². The zero-order valence-electron chi connectivity index (χ0n) is 22.1. The minimum Gasteiger partial charge on any atom is -0.480 e. The molecule has 192 valence electrons. The van der Waals surface area contributed by atoms with Gasteiger partial charge in [0.15, 0.2) is 0 Å². The molecule has 1 atom stereocenters. The molecule has 0 aliphatic heterocycles. The Morgan fingerprint density at radius 3 is 0.969 bits per heavy atom. The zero-order chi connectivity index (χ0) is 23.8. The van der Waals surface area contributed by atoms with Crippen LogP contribution >= 0.6 is 0 Å². The Hall–Kier alpha value is -0.570. The van der Waals surface area contributed by atoms with Crippen LogP contribution in [-0.4, -0.2) is 16.6 Å². The van der Waals surface area contributed by atoms with Crippen LogP contribution in [0.3, 0.4) is 0 Å². The SMILES string of the molecule is CCCCCCCCCCCCCCCCCCCCCCCCCCC(C)(N)C(=O)O. The van der Waals surface area contributed by atoms with E-state index in [2.05, 4.69) is 6.92 Å². The van der Waals surface area contributed by atoms with Gasteiger partial charge >= 0.3 is 5.97 Å². The zero-order valence-corrected chi connectivity index (χ0v) is 22.1. The van der Waals surface area contributed by atoms with Gasteiger partial charge in [0.05, 0.1) is 0 Å². The van der Waals surface area contributed by atoms with Crippen molar-refractivity contribution in [3.05, 3.63) is 0 Å². The lowest BCUT2D eigenvalue weighted by molar-refractivity contribution is -0.142. The van der Waals surface area contributed by atoms with E-state index in [1.807, 2.05) is 0 Å². The van der Waals surface area contributed by atoms with Gasteiger partial charge in [-0.3, -0.25) is 4.79 Å². The van der Waals surface area contributed by atoms with Crippen molar-refractivity contribution >= 4 is 5.97 Å². The highest BCUT2D eigenvalue weighted by Gasteiger charge is 2.26. The van der Waals surface area contributed by atoms with Gasteiger partial charge in [0.1, 0.15) is 5.54 Å². The average Bonchev–Trinajstić information content (AvgIpc) is 2.76. The summed E-state index contributed by atoms with van der Waals surface area (Å²) in [6.07, 6.45) is 33.7. The number of carboxylic acid groups (broad SMARTS) is 1. The van der Waals surface area contributed by atoms with Crippen LogP contribution in [0.1, 0.15) is 174 Å². The molecule has 32 heavy (non-hydrogen) atoms. The molecule has 0 spiro atoms. The molecular formula is C29H59NO2. The second-order valence-electron chi connectivity index (χ2n) is 10.6. The quantitative estimate of drug-likeness (QED) is 0.128. The van der Waals surface area contributed by atoms with Crippen LogP contribution < -0.4 is 5.73 Å². The molecule has 0 heterocycles. The lowest BCUT2D eigenvalue weighted by Gasteiger charge is -2.18. The summed E-state index contributed by atoms with van der Waals surface area (Å²) >= 11 is 0. The fourth-order valence-electron chi connectivity index (χ4n) is 4.56. The molecule has 1 unspecified atom stereocenters. The first-order valence-electron chi connectivity index (χ1n) is 14.5. The van der Waals surface area contributed by atoms with E-state index in [-0.39, 0.29) is 0 Å². The fraction of sp³-hybridized carbons (Fsp3) is 0.966. The Morgan fingerprint density at radius 1 is 0.531 bits per heavy atom. The first kappa shape index (κ1) is 31.4. The number of carboxylic acids is 1. The fourth-order valence-corrected chi connectivity index (χ4v) is 4.56. The first-order valence-corrected chi connectivity index (χ1v) is 14.5. The van der Waals surface area contributed by atoms with Crippen molar-refractivity contribution in [1.82, 2.24) is 0 Å². The van der Waals surface area contributed by atoms with Crippen molar-refractivity contribution in [3.63, 3.8) is 0 Å². The minimum absolute atomic E-state index is 0.585. The van der Waals surface area contributed by atoms with Crippen LogP contribution in [-0.2, 0) is 4.79 Å². The third-order valence-electron chi connectivity index (χ3n) is 7.04. The summed E-state index contributed by atoms with van der Waals surface area (Å²) < 4.78 is 0. The summed E-state index contributed by atoms with van der Waals surface area (Å²) in [6, 6.07) is 0. The molecule has 0 radical (unpaired) electrons. The number of nitrogens with two attached hydrogens (primary N) is 1. The van der Waals surface area contributed by atoms with E-state index < -0.39 is 11.5 Å². The van der Waals surface area contributed by atoms with Crippen LogP contribution in [0.2, 0.25) is 0 Å². The van der Waals surface area contributed by atoms with Crippen molar-refractivity contribution in [1.29, 1.82) is 0 Å². The van der Waals surface area contributed by atoms with E-state index in [0.29, 0.717) is 6.42 Å². The normalized spacial score (nSPS) is 13.3. The van der Waals surface area contributed by atoms with E-state index in [9.17, 15) is 4.79 Å². The van der Waals surface area contributed by atoms with Gasteiger partial charge in [0.25, 0.3) is 0 Å². The largest absolute Gasteiger partial charge is 0.480 e. The number of carbonyl (C=O) groups is 1. The number of hydrogen-bond acceptors (Lipinski definition) is 2. The van der Waals surface area contributed by atoms with E-state index in [1.165, 1.54) is 141 Å². The Morgan fingerprint density at radius 2 is 0.750 bits per heavy atom. The Bertz CT molecular complexity index is 395. The van der Waals surface area contributed by atoms with Crippen LogP contribution in [0, 0.1) is 0 Å². The summed E-state index contributed by atoms with van der Waals surface area (Å²) in [5, 5.41) is 9.00. The third-order valence-corrected chi connectivity index (χ3v) is 7.04. The van der Waals surface area contributed by atoms with Gasteiger partial charge in [-0.1, -0.05) is 161 Å². The number of rotatable bonds is 26. The van der Waals surface area contributed by atoms with E-state index >= 15 is 0 Å². The van der Waals surface area contributed by atoms with Crippen molar-refractivity contribution in [2.75, 3.05) is 0 Å². The smallest absolute Gasteiger partial charge is 0.323 e. The number of hydrogen-bond donors (Lipinski definition) is 2. The number of aliphatic carboxylic acids is 1. The highest BCUT2D eigenvalue weighted by molar-refractivity contribution is 5.77. The average molecular weight is 454 g/mol. The molecule has 0 aromatic heterocycles. The van der Waals surface area contributed by atoms with Crippen molar-refractivity contribution in [2.24, 2.45) is 5.73 Å². The molecule has 0 aliphatic carbocycles. The predicted octanol–water partition coefficient (Wildman–Crippen LogP) is 9.56. The first-order chi connectivity index (χ1) is 15.5. The Kier molecular flexibility index (Phi) is 23.2. The third kappa shape index (κ3) is 22.6. The summed E-state index contributed by atoms with van der Waals surface area (Å²) in [6.45, 7) is 3.91. The van der Waals surface area contributed by atoms with Crippen molar-refractivity contribution in [3.8, 4) is 0 Å². The molecule has 0 saturated carbocycles. The van der Waals surface area contributed by atoms with E-state index in [1.54, 1.807) is 6.92 Å². The van der Waals surface area contributed by atoms with E-state index in [4.69, 9.17) is 10.8 Å². The lowest BCUT2D eigenvalue weighted by atomic mass is 9.95. The second kappa shape index (κ2) is 23.6. The van der Waals surface area contributed by atoms with Gasteiger partial charge < -0.3 is 10.8 Å². The van der Waals surface area contributed by atoms with Crippen LogP contribution in [0.5, 0.6) is 0 Å². The topological polar surface area (TPSA) is 63.3 Å². The van der Waals surface area contributed by atoms with Crippen LogP contribution in [0.25, 0.3) is 0 Å². The summed E-state index contributed by atoms with van der Waals surface area (Å²) in [5.74, 6) is -0.883. The molecule has 0 aromatic carbocycles. The second-order valence-corrected chi connectivity index (χ2v) is 10.6. The molecular weight excluding hydrogens is 394 g/mol. The van der Waals surface area contributed by atoms with Crippen LogP contribution in [0.4, 0.5) is 0 Å². The lowest BCUT2D eigenvalue weighted by Crippen LogP contribution is -2.44. The molecule has 3 nitrogen and oxygen atoms in total. The molecule has 0 rings (SSSR count). The molecule has 0 aliphatic rings. The van der Waals surface area contributed by atoms with Gasteiger partial charge in [0.2, 0.25) is 0 Å². The Balaban J connectivity index is 3.10. The predicted molar refractivity (Wildman–Crippen MR) is 141 cm³/mol. The van der Waals surface area contributed by atoms with Crippen LogP contribution in [0.15, 0.2) is 0 Å².